The summed E-state index contributed by atoms with van der Waals surface area (Å²) in [5.74, 6) is -1.05. The summed E-state index contributed by atoms with van der Waals surface area (Å²) in [7, 11) is 4.37. The normalized spacial score (nSPS) is 14.5. The van der Waals surface area contributed by atoms with E-state index in [0.29, 0.717) is 45.3 Å². The van der Waals surface area contributed by atoms with Crippen LogP contribution in [0, 0.1) is 6.92 Å². The van der Waals surface area contributed by atoms with Gasteiger partial charge in [-0.05, 0) is 48.7 Å². The Bertz CT molecular complexity index is 1570. The molecule has 0 saturated carbocycles. The SMILES string of the molecule is COc1cc2c(c(OC)c1OC)C(=O)CC(c1cccc(NC(=O)c3cc(NC(=O)[C@@H](N)CCC(=O)O)ccc3C)c1)O2. The molecule has 1 aliphatic rings. The Morgan fingerprint density at radius 2 is 1.72 bits per heavy atom. The first kappa shape index (κ1) is 30.8. The summed E-state index contributed by atoms with van der Waals surface area (Å²) in [6.45, 7) is 1.76. The summed E-state index contributed by atoms with van der Waals surface area (Å²) >= 11 is 0. The lowest BCUT2D eigenvalue weighted by Gasteiger charge is -2.28. The van der Waals surface area contributed by atoms with Crippen molar-refractivity contribution in [3.8, 4) is 23.0 Å². The number of carbonyl (C=O) groups is 4. The molecule has 12 heteroatoms. The number of benzene rings is 3. The van der Waals surface area contributed by atoms with Gasteiger partial charge in [0.15, 0.2) is 17.3 Å². The molecule has 0 spiro atoms. The summed E-state index contributed by atoms with van der Waals surface area (Å²) in [4.78, 5) is 49.6. The van der Waals surface area contributed by atoms with Crippen LogP contribution in [0.4, 0.5) is 11.4 Å². The Balaban J connectivity index is 1.51. The van der Waals surface area contributed by atoms with Crippen LogP contribution in [0.2, 0.25) is 0 Å². The number of Topliss-reactive ketones (excluding diaryl/α,β-unsaturated/α-hetero) is 1. The lowest BCUT2D eigenvalue weighted by Crippen LogP contribution is -2.36. The van der Waals surface area contributed by atoms with E-state index >= 15 is 0 Å². The highest BCUT2D eigenvalue weighted by atomic mass is 16.5. The Kier molecular flexibility index (Phi) is 9.51. The number of aliphatic carboxylic acids is 1. The molecule has 3 aromatic carbocycles. The van der Waals surface area contributed by atoms with E-state index in [1.807, 2.05) is 0 Å². The zero-order valence-corrected chi connectivity index (χ0v) is 24.2. The second-order valence-corrected chi connectivity index (χ2v) is 9.89. The van der Waals surface area contributed by atoms with E-state index in [4.69, 9.17) is 29.8 Å². The Morgan fingerprint density at radius 3 is 2.40 bits per heavy atom. The first-order chi connectivity index (χ1) is 20.6. The number of hydrogen-bond donors (Lipinski definition) is 4. The van der Waals surface area contributed by atoms with Gasteiger partial charge in [0.1, 0.15) is 17.4 Å². The van der Waals surface area contributed by atoms with E-state index in [1.165, 1.54) is 27.4 Å². The molecule has 43 heavy (non-hydrogen) atoms. The molecule has 1 aliphatic heterocycles. The molecule has 12 nitrogen and oxygen atoms in total. The van der Waals surface area contributed by atoms with E-state index < -0.39 is 29.9 Å². The van der Waals surface area contributed by atoms with Crippen molar-refractivity contribution in [2.45, 2.75) is 38.3 Å². The van der Waals surface area contributed by atoms with Crippen LogP contribution in [-0.4, -0.2) is 56.0 Å². The van der Waals surface area contributed by atoms with Gasteiger partial charge in [-0.1, -0.05) is 18.2 Å². The number of carbonyl (C=O) groups excluding carboxylic acids is 3. The van der Waals surface area contributed by atoms with Crippen LogP contribution < -0.4 is 35.3 Å². The summed E-state index contributed by atoms with van der Waals surface area (Å²) < 4.78 is 22.5. The highest BCUT2D eigenvalue weighted by molar-refractivity contribution is 6.07. The summed E-state index contributed by atoms with van der Waals surface area (Å²) in [5.41, 5.74) is 8.52. The number of fused-ring (bicyclic) bond motifs is 1. The van der Waals surface area contributed by atoms with Gasteiger partial charge in [0.05, 0.1) is 33.8 Å². The van der Waals surface area contributed by atoms with E-state index in [1.54, 1.807) is 49.4 Å². The van der Waals surface area contributed by atoms with Crippen LogP contribution in [0.3, 0.4) is 0 Å². The third-order valence-electron chi connectivity index (χ3n) is 6.98. The van der Waals surface area contributed by atoms with Gasteiger partial charge < -0.3 is 40.4 Å². The maximum atomic E-state index is 13.3. The fourth-order valence-electron chi connectivity index (χ4n) is 4.75. The van der Waals surface area contributed by atoms with Gasteiger partial charge in [-0.2, -0.15) is 0 Å². The third-order valence-corrected chi connectivity index (χ3v) is 6.98. The van der Waals surface area contributed by atoms with E-state index in [9.17, 15) is 19.2 Å². The number of nitrogens with two attached hydrogens (primary N) is 1. The highest BCUT2D eigenvalue weighted by Crippen LogP contribution is 2.49. The molecule has 1 heterocycles. The van der Waals surface area contributed by atoms with Crippen LogP contribution in [0.1, 0.15) is 57.2 Å². The van der Waals surface area contributed by atoms with Gasteiger partial charge in [-0.15, -0.1) is 0 Å². The van der Waals surface area contributed by atoms with Gasteiger partial charge in [-0.3, -0.25) is 19.2 Å². The van der Waals surface area contributed by atoms with Crippen molar-refractivity contribution in [3.63, 3.8) is 0 Å². The standard InChI is InChI=1S/C31H33N3O9/c1-16-8-9-19(34-31(39)21(32)10-11-26(36)37)13-20(16)30(38)33-18-7-5-6-17(12-18)23-14-22(35)27-24(43-23)15-25(40-2)28(41-3)29(27)42-4/h5-9,12-13,15,21,23H,10-11,14,32H2,1-4H3,(H,33,38)(H,34,39)(H,36,37)/t21-,23?/m0/s1. The minimum absolute atomic E-state index is 0.0200. The number of hydrogen-bond acceptors (Lipinski definition) is 9. The van der Waals surface area contributed by atoms with Crippen LogP contribution in [0.5, 0.6) is 23.0 Å². The van der Waals surface area contributed by atoms with E-state index in [2.05, 4.69) is 10.6 Å². The first-order valence-corrected chi connectivity index (χ1v) is 13.4. The average Bonchev–Trinajstić information content (AvgIpc) is 2.99. The maximum Gasteiger partial charge on any atom is 0.303 e. The fraction of sp³-hybridized carbons (Fsp3) is 0.290. The molecule has 1 unspecified atom stereocenters. The number of methoxy groups -OCH3 is 3. The monoisotopic (exact) mass is 591 g/mol. The molecule has 0 radical (unpaired) electrons. The lowest BCUT2D eigenvalue weighted by molar-refractivity contribution is -0.137. The second-order valence-electron chi connectivity index (χ2n) is 9.89. The van der Waals surface area contributed by atoms with Crippen molar-refractivity contribution >= 4 is 34.9 Å². The number of nitrogens with one attached hydrogen (secondary N) is 2. The predicted molar refractivity (Wildman–Crippen MR) is 157 cm³/mol. The van der Waals surface area contributed by atoms with E-state index in [0.717, 1.165) is 0 Å². The first-order valence-electron chi connectivity index (χ1n) is 13.4. The van der Waals surface area contributed by atoms with Crippen LogP contribution in [0.15, 0.2) is 48.5 Å². The van der Waals surface area contributed by atoms with Crippen molar-refractivity contribution in [2.75, 3.05) is 32.0 Å². The molecule has 0 saturated heterocycles. The number of carboxylic acids is 1. The zero-order valence-electron chi connectivity index (χ0n) is 24.2. The molecule has 5 N–H and O–H groups in total. The Morgan fingerprint density at radius 1 is 1.00 bits per heavy atom. The number of carboxylic acid groups (broad SMARTS) is 1. The molecular formula is C31H33N3O9. The van der Waals surface area contributed by atoms with Gasteiger partial charge in [0.2, 0.25) is 11.7 Å². The van der Waals surface area contributed by atoms with Crippen molar-refractivity contribution in [1.29, 1.82) is 0 Å². The lowest BCUT2D eigenvalue weighted by atomic mass is 9.94. The van der Waals surface area contributed by atoms with Gasteiger partial charge in [-0.25, -0.2) is 0 Å². The summed E-state index contributed by atoms with van der Waals surface area (Å²) in [5, 5.41) is 14.3. The number of ketones is 1. The minimum Gasteiger partial charge on any atom is -0.493 e. The van der Waals surface area contributed by atoms with Crippen molar-refractivity contribution in [2.24, 2.45) is 5.73 Å². The van der Waals surface area contributed by atoms with Crippen LogP contribution >= 0.6 is 0 Å². The molecule has 0 aliphatic carbocycles. The molecule has 4 rings (SSSR count). The molecule has 2 amide bonds. The quantitative estimate of drug-likeness (QED) is 0.254. The smallest absolute Gasteiger partial charge is 0.303 e. The molecular weight excluding hydrogens is 558 g/mol. The molecule has 226 valence electrons. The molecule has 2 atom stereocenters. The molecule has 0 aromatic heterocycles. The van der Waals surface area contributed by atoms with Gasteiger partial charge >= 0.3 is 5.97 Å². The Hall–Kier alpha value is -5.10. The number of ether oxygens (including phenoxy) is 4. The van der Waals surface area contributed by atoms with E-state index in [-0.39, 0.29) is 36.4 Å². The van der Waals surface area contributed by atoms with Gasteiger partial charge in [0, 0.05) is 29.4 Å². The maximum absolute atomic E-state index is 13.3. The highest BCUT2D eigenvalue weighted by Gasteiger charge is 2.34. The second kappa shape index (κ2) is 13.3. The van der Waals surface area contributed by atoms with Crippen LogP contribution in [-0.2, 0) is 9.59 Å². The number of aryl methyl sites for hydroxylation is 1. The summed E-state index contributed by atoms with van der Waals surface area (Å²) in [6, 6.07) is 12.4. The number of anilines is 2. The van der Waals surface area contributed by atoms with Crippen molar-refractivity contribution in [3.05, 3.63) is 70.8 Å². The van der Waals surface area contributed by atoms with Crippen LogP contribution in [0.25, 0.3) is 0 Å². The van der Waals surface area contributed by atoms with Crippen molar-refractivity contribution < 1.29 is 43.2 Å². The molecule has 3 aromatic rings. The minimum atomic E-state index is -1.05. The van der Waals surface area contributed by atoms with Crippen molar-refractivity contribution in [1.82, 2.24) is 0 Å². The topological polar surface area (TPSA) is 176 Å². The average molecular weight is 592 g/mol. The number of rotatable bonds is 11. The predicted octanol–water partition coefficient (Wildman–Crippen LogP) is 4.11. The number of amides is 2. The molecule has 0 bridgehead atoms. The summed E-state index contributed by atoms with van der Waals surface area (Å²) in [6.07, 6.45) is -0.858. The Labute approximate surface area is 248 Å². The third kappa shape index (κ3) is 6.87. The fourth-order valence-corrected chi connectivity index (χ4v) is 4.75. The van der Waals surface area contributed by atoms with Gasteiger partial charge in [0.25, 0.3) is 5.91 Å². The molecule has 0 fully saturated rings. The largest absolute Gasteiger partial charge is 0.493 e. The zero-order chi connectivity index (χ0) is 31.3.